The minimum atomic E-state index is 0.999. The molecular formula is C15H31N. The van der Waals surface area contributed by atoms with Crippen molar-refractivity contribution in [2.45, 2.75) is 71.6 Å². The molecule has 0 radical (unpaired) electrons. The first-order chi connectivity index (χ1) is 7.86. The molecule has 2 atom stereocenters. The molecule has 1 fully saturated rings. The van der Waals surface area contributed by atoms with E-state index in [1.165, 1.54) is 70.9 Å². The standard InChI is InChI=1S/C15H31N/c1-3-14-8-5-9-15(4-2)11-7-13-16-12-6-10-14/h14-16H,3-13H2,1-2H3. The third-order valence-corrected chi connectivity index (χ3v) is 4.31. The largest absolute Gasteiger partial charge is 0.317 e. The Hall–Kier alpha value is -0.0400. The van der Waals surface area contributed by atoms with E-state index in [-0.39, 0.29) is 0 Å². The van der Waals surface area contributed by atoms with Crippen LogP contribution in [0.2, 0.25) is 0 Å². The molecule has 0 aromatic carbocycles. The highest BCUT2D eigenvalue weighted by atomic mass is 14.8. The predicted molar refractivity (Wildman–Crippen MR) is 72.8 cm³/mol. The fourth-order valence-electron chi connectivity index (χ4n) is 2.96. The summed E-state index contributed by atoms with van der Waals surface area (Å²) in [4.78, 5) is 0. The maximum Gasteiger partial charge on any atom is -0.00488 e. The van der Waals surface area contributed by atoms with E-state index in [1.54, 1.807) is 0 Å². The number of hydrogen-bond donors (Lipinski definition) is 1. The Kier molecular flexibility index (Phi) is 7.92. The molecule has 0 spiro atoms. The van der Waals surface area contributed by atoms with Crippen LogP contribution in [-0.4, -0.2) is 13.1 Å². The Bertz CT molecular complexity index is 140. The third-order valence-electron chi connectivity index (χ3n) is 4.31. The average molecular weight is 225 g/mol. The minimum absolute atomic E-state index is 0.999. The van der Waals surface area contributed by atoms with Gasteiger partial charge >= 0.3 is 0 Å². The van der Waals surface area contributed by atoms with E-state index in [9.17, 15) is 0 Å². The van der Waals surface area contributed by atoms with E-state index in [0.717, 1.165) is 11.8 Å². The van der Waals surface area contributed by atoms with Crippen LogP contribution in [0.15, 0.2) is 0 Å². The Morgan fingerprint density at radius 2 is 1.19 bits per heavy atom. The van der Waals surface area contributed by atoms with Crippen LogP contribution in [0.1, 0.15) is 71.6 Å². The second-order valence-electron chi connectivity index (χ2n) is 5.51. The predicted octanol–water partition coefficient (Wildman–Crippen LogP) is 4.37. The van der Waals surface area contributed by atoms with Gasteiger partial charge in [-0.25, -0.2) is 0 Å². The van der Waals surface area contributed by atoms with Gasteiger partial charge in [0.05, 0.1) is 0 Å². The van der Waals surface area contributed by atoms with Crippen LogP contribution >= 0.6 is 0 Å². The van der Waals surface area contributed by atoms with E-state index in [2.05, 4.69) is 19.2 Å². The van der Waals surface area contributed by atoms with Crippen molar-refractivity contribution in [3.63, 3.8) is 0 Å². The fraction of sp³-hybridized carbons (Fsp3) is 1.00. The molecule has 1 saturated heterocycles. The zero-order chi connectivity index (χ0) is 11.6. The van der Waals surface area contributed by atoms with Crippen LogP contribution < -0.4 is 5.32 Å². The molecule has 2 unspecified atom stereocenters. The van der Waals surface area contributed by atoms with Gasteiger partial charge in [0.2, 0.25) is 0 Å². The molecule has 1 aliphatic rings. The SMILES string of the molecule is CCC1CCCNCCCC(CC)CCC1. The number of hydrogen-bond acceptors (Lipinski definition) is 1. The van der Waals surface area contributed by atoms with E-state index in [4.69, 9.17) is 0 Å². The van der Waals surface area contributed by atoms with E-state index in [0.29, 0.717) is 0 Å². The monoisotopic (exact) mass is 225 g/mol. The zero-order valence-corrected chi connectivity index (χ0v) is 11.4. The Labute approximate surface area is 102 Å². The average Bonchev–Trinajstić information content (AvgIpc) is 2.30. The van der Waals surface area contributed by atoms with Gasteiger partial charge in [-0.1, -0.05) is 46.0 Å². The van der Waals surface area contributed by atoms with Crippen molar-refractivity contribution < 1.29 is 0 Å². The van der Waals surface area contributed by atoms with Gasteiger partial charge in [0.1, 0.15) is 0 Å². The van der Waals surface area contributed by atoms with Crippen molar-refractivity contribution in [2.75, 3.05) is 13.1 Å². The summed E-state index contributed by atoms with van der Waals surface area (Å²) in [6.45, 7) is 7.21. The van der Waals surface area contributed by atoms with Crippen molar-refractivity contribution in [3.05, 3.63) is 0 Å². The summed E-state index contributed by atoms with van der Waals surface area (Å²) in [5.74, 6) is 2.00. The van der Waals surface area contributed by atoms with Gasteiger partial charge in [0, 0.05) is 0 Å². The van der Waals surface area contributed by atoms with Crippen LogP contribution in [0, 0.1) is 11.8 Å². The van der Waals surface area contributed by atoms with Crippen LogP contribution in [0.3, 0.4) is 0 Å². The van der Waals surface area contributed by atoms with Crippen molar-refractivity contribution >= 4 is 0 Å². The van der Waals surface area contributed by atoms with Crippen LogP contribution in [-0.2, 0) is 0 Å². The van der Waals surface area contributed by atoms with Gasteiger partial charge in [-0.05, 0) is 50.6 Å². The highest BCUT2D eigenvalue weighted by molar-refractivity contribution is 4.65. The first-order valence-corrected chi connectivity index (χ1v) is 7.57. The molecule has 0 bridgehead atoms. The van der Waals surface area contributed by atoms with Crippen molar-refractivity contribution in [2.24, 2.45) is 11.8 Å². The third kappa shape index (κ3) is 5.89. The molecule has 1 heterocycles. The molecule has 1 nitrogen and oxygen atoms in total. The van der Waals surface area contributed by atoms with Crippen LogP contribution in [0.5, 0.6) is 0 Å². The summed E-state index contributed by atoms with van der Waals surface area (Å²) in [6.07, 6.45) is 12.9. The van der Waals surface area contributed by atoms with E-state index < -0.39 is 0 Å². The molecule has 96 valence electrons. The first kappa shape index (κ1) is 14.0. The van der Waals surface area contributed by atoms with Crippen LogP contribution in [0.25, 0.3) is 0 Å². The zero-order valence-electron chi connectivity index (χ0n) is 11.4. The Balaban J connectivity index is 2.31. The van der Waals surface area contributed by atoms with E-state index in [1.807, 2.05) is 0 Å². The summed E-state index contributed by atoms with van der Waals surface area (Å²) in [5, 5.41) is 3.59. The van der Waals surface area contributed by atoms with Gasteiger partial charge in [0.15, 0.2) is 0 Å². The van der Waals surface area contributed by atoms with Crippen molar-refractivity contribution in [3.8, 4) is 0 Å². The molecule has 16 heavy (non-hydrogen) atoms. The quantitative estimate of drug-likeness (QED) is 0.735. The fourth-order valence-corrected chi connectivity index (χ4v) is 2.96. The second kappa shape index (κ2) is 9.04. The van der Waals surface area contributed by atoms with Gasteiger partial charge < -0.3 is 5.32 Å². The maximum absolute atomic E-state index is 3.59. The van der Waals surface area contributed by atoms with Crippen molar-refractivity contribution in [1.82, 2.24) is 5.32 Å². The maximum atomic E-state index is 3.59. The molecule has 0 amide bonds. The van der Waals surface area contributed by atoms with Crippen molar-refractivity contribution in [1.29, 1.82) is 0 Å². The van der Waals surface area contributed by atoms with Gasteiger partial charge in [-0.2, -0.15) is 0 Å². The highest BCUT2D eigenvalue weighted by Crippen LogP contribution is 2.23. The second-order valence-corrected chi connectivity index (χ2v) is 5.51. The topological polar surface area (TPSA) is 12.0 Å². The van der Waals surface area contributed by atoms with Crippen LogP contribution in [0.4, 0.5) is 0 Å². The lowest BCUT2D eigenvalue weighted by molar-refractivity contribution is 0.344. The molecule has 1 N–H and O–H groups in total. The summed E-state index contributed by atoms with van der Waals surface area (Å²) < 4.78 is 0. The molecule has 0 aromatic rings. The molecule has 1 rings (SSSR count). The lowest BCUT2D eigenvalue weighted by Gasteiger charge is -2.20. The van der Waals surface area contributed by atoms with E-state index >= 15 is 0 Å². The molecule has 0 aliphatic carbocycles. The molecule has 1 heteroatoms. The lowest BCUT2D eigenvalue weighted by Crippen LogP contribution is -2.19. The van der Waals surface area contributed by atoms with Gasteiger partial charge in [-0.3, -0.25) is 0 Å². The molecule has 0 aromatic heterocycles. The summed E-state index contributed by atoms with van der Waals surface area (Å²) in [5.41, 5.74) is 0. The minimum Gasteiger partial charge on any atom is -0.317 e. The normalized spacial score (nSPS) is 30.4. The summed E-state index contributed by atoms with van der Waals surface area (Å²) in [6, 6.07) is 0. The molecule has 0 saturated carbocycles. The van der Waals surface area contributed by atoms with Gasteiger partial charge in [-0.15, -0.1) is 0 Å². The first-order valence-electron chi connectivity index (χ1n) is 7.57. The molecular weight excluding hydrogens is 194 g/mol. The number of nitrogens with one attached hydrogen (secondary N) is 1. The Morgan fingerprint density at radius 3 is 1.62 bits per heavy atom. The van der Waals surface area contributed by atoms with Gasteiger partial charge in [0.25, 0.3) is 0 Å². The lowest BCUT2D eigenvalue weighted by atomic mass is 9.89. The Morgan fingerprint density at radius 1 is 0.750 bits per heavy atom. The summed E-state index contributed by atoms with van der Waals surface area (Å²) >= 11 is 0. The summed E-state index contributed by atoms with van der Waals surface area (Å²) in [7, 11) is 0. The smallest absolute Gasteiger partial charge is 0.00488 e. The number of rotatable bonds is 2. The highest BCUT2D eigenvalue weighted by Gasteiger charge is 2.10. The molecule has 1 aliphatic heterocycles.